The monoisotopic (exact) mass is 240 g/mol. The predicted molar refractivity (Wildman–Crippen MR) is 71.2 cm³/mol. The first-order valence-corrected chi connectivity index (χ1v) is 7.37. The lowest BCUT2D eigenvalue weighted by Crippen LogP contribution is -2.49. The number of piperidine rings is 2. The maximum absolute atomic E-state index is 9.54. The van der Waals surface area contributed by atoms with Crippen LogP contribution in [-0.2, 0) is 0 Å². The molecule has 2 fully saturated rings. The Morgan fingerprint density at radius 2 is 1.65 bits per heavy atom. The van der Waals surface area contributed by atoms with E-state index in [1.807, 2.05) is 0 Å². The maximum atomic E-state index is 9.54. The summed E-state index contributed by atoms with van der Waals surface area (Å²) >= 11 is 0. The van der Waals surface area contributed by atoms with Gasteiger partial charge in [-0.3, -0.25) is 0 Å². The van der Waals surface area contributed by atoms with Crippen molar-refractivity contribution in [3.63, 3.8) is 0 Å². The third-order valence-electron chi connectivity index (χ3n) is 4.73. The molecule has 2 saturated heterocycles. The zero-order chi connectivity index (χ0) is 12.3. The van der Waals surface area contributed by atoms with Crippen LogP contribution in [0.4, 0.5) is 0 Å². The van der Waals surface area contributed by atoms with Gasteiger partial charge in [-0.05, 0) is 52.1 Å². The molecule has 3 heteroatoms. The second kappa shape index (κ2) is 6.17. The summed E-state index contributed by atoms with van der Waals surface area (Å²) in [6.07, 6.45) is 5.82. The lowest BCUT2D eigenvalue weighted by molar-refractivity contribution is 0.0325. The third kappa shape index (κ3) is 3.43. The SMILES string of the molecule is CCC(C)N1CCC(N2CCC(O)CC2)CC1. The van der Waals surface area contributed by atoms with E-state index in [-0.39, 0.29) is 6.10 Å². The molecular formula is C14H28N2O. The van der Waals surface area contributed by atoms with E-state index in [1.54, 1.807) is 0 Å². The van der Waals surface area contributed by atoms with Gasteiger partial charge in [0.2, 0.25) is 0 Å². The Morgan fingerprint density at radius 3 is 2.18 bits per heavy atom. The van der Waals surface area contributed by atoms with Gasteiger partial charge in [0.05, 0.1) is 6.10 Å². The number of aliphatic hydroxyl groups excluding tert-OH is 1. The van der Waals surface area contributed by atoms with Crippen LogP contribution in [0.5, 0.6) is 0 Å². The van der Waals surface area contributed by atoms with Crippen molar-refractivity contribution in [3.8, 4) is 0 Å². The Balaban J connectivity index is 1.75. The molecule has 0 aromatic heterocycles. The Hall–Kier alpha value is -0.120. The molecule has 0 amide bonds. The molecule has 0 bridgehead atoms. The van der Waals surface area contributed by atoms with Crippen molar-refractivity contribution in [1.29, 1.82) is 0 Å². The molecule has 0 spiro atoms. The number of likely N-dealkylation sites (tertiary alicyclic amines) is 2. The second-order valence-electron chi connectivity index (χ2n) is 5.79. The molecule has 1 N–H and O–H groups in total. The number of hydrogen-bond donors (Lipinski definition) is 1. The number of aliphatic hydroxyl groups is 1. The summed E-state index contributed by atoms with van der Waals surface area (Å²) < 4.78 is 0. The highest BCUT2D eigenvalue weighted by atomic mass is 16.3. The molecular weight excluding hydrogens is 212 g/mol. The summed E-state index contributed by atoms with van der Waals surface area (Å²) in [5, 5.41) is 9.54. The predicted octanol–water partition coefficient (Wildman–Crippen LogP) is 1.71. The molecule has 1 unspecified atom stereocenters. The Morgan fingerprint density at radius 1 is 1.06 bits per heavy atom. The number of hydrogen-bond acceptors (Lipinski definition) is 3. The van der Waals surface area contributed by atoms with Gasteiger partial charge in [-0.2, -0.15) is 0 Å². The molecule has 1 atom stereocenters. The zero-order valence-electron chi connectivity index (χ0n) is 11.4. The number of rotatable bonds is 3. The van der Waals surface area contributed by atoms with Crippen LogP contribution in [0.1, 0.15) is 46.0 Å². The van der Waals surface area contributed by atoms with E-state index in [0.717, 1.165) is 38.0 Å². The van der Waals surface area contributed by atoms with Gasteiger partial charge >= 0.3 is 0 Å². The average Bonchev–Trinajstić information content (AvgIpc) is 2.39. The smallest absolute Gasteiger partial charge is 0.0564 e. The summed E-state index contributed by atoms with van der Waals surface area (Å²) in [5.74, 6) is 0. The van der Waals surface area contributed by atoms with Gasteiger partial charge in [-0.25, -0.2) is 0 Å². The van der Waals surface area contributed by atoms with E-state index in [4.69, 9.17) is 0 Å². The fraction of sp³-hybridized carbons (Fsp3) is 1.00. The van der Waals surface area contributed by atoms with Crippen LogP contribution in [0.25, 0.3) is 0 Å². The van der Waals surface area contributed by atoms with Gasteiger partial charge in [0.15, 0.2) is 0 Å². The molecule has 0 saturated carbocycles. The van der Waals surface area contributed by atoms with Crippen molar-refractivity contribution in [2.24, 2.45) is 0 Å². The normalized spacial score (nSPS) is 28.4. The van der Waals surface area contributed by atoms with E-state index in [0.29, 0.717) is 0 Å². The maximum Gasteiger partial charge on any atom is 0.0564 e. The van der Waals surface area contributed by atoms with Crippen molar-refractivity contribution in [2.75, 3.05) is 26.2 Å². The van der Waals surface area contributed by atoms with Crippen LogP contribution in [0.15, 0.2) is 0 Å². The molecule has 3 nitrogen and oxygen atoms in total. The largest absolute Gasteiger partial charge is 0.393 e. The molecule has 2 rings (SSSR count). The van der Waals surface area contributed by atoms with E-state index in [1.165, 1.54) is 32.4 Å². The van der Waals surface area contributed by atoms with Crippen molar-refractivity contribution in [3.05, 3.63) is 0 Å². The fourth-order valence-corrected chi connectivity index (χ4v) is 3.20. The molecule has 0 aliphatic carbocycles. The van der Waals surface area contributed by atoms with E-state index in [9.17, 15) is 5.11 Å². The molecule has 2 aliphatic heterocycles. The number of nitrogens with zero attached hydrogens (tertiary/aromatic N) is 2. The summed E-state index contributed by atoms with van der Waals surface area (Å²) in [6, 6.07) is 1.53. The molecule has 0 aromatic carbocycles. The molecule has 0 aromatic rings. The first-order chi connectivity index (χ1) is 8.20. The quantitative estimate of drug-likeness (QED) is 0.813. The summed E-state index contributed by atoms with van der Waals surface area (Å²) in [6.45, 7) is 9.36. The highest BCUT2D eigenvalue weighted by Crippen LogP contribution is 2.22. The van der Waals surface area contributed by atoms with Crippen molar-refractivity contribution < 1.29 is 5.11 Å². The molecule has 100 valence electrons. The van der Waals surface area contributed by atoms with Gasteiger partial charge in [-0.15, -0.1) is 0 Å². The highest BCUT2D eigenvalue weighted by Gasteiger charge is 2.28. The lowest BCUT2D eigenvalue weighted by Gasteiger charge is -2.42. The van der Waals surface area contributed by atoms with Crippen LogP contribution in [-0.4, -0.2) is 59.3 Å². The minimum absolute atomic E-state index is 0.0357. The summed E-state index contributed by atoms with van der Waals surface area (Å²) in [7, 11) is 0. The first kappa shape index (κ1) is 13.3. The Labute approximate surface area is 106 Å². The van der Waals surface area contributed by atoms with Gasteiger partial charge in [0, 0.05) is 25.2 Å². The highest BCUT2D eigenvalue weighted by molar-refractivity contribution is 4.84. The van der Waals surface area contributed by atoms with Crippen molar-refractivity contribution in [2.45, 2.75) is 64.1 Å². The van der Waals surface area contributed by atoms with E-state index >= 15 is 0 Å². The van der Waals surface area contributed by atoms with Crippen LogP contribution in [0.3, 0.4) is 0 Å². The van der Waals surface area contributed by atoms with Gasteiger partial charge in [0.1, 0.15) is 0 Å². The van der Waals surface area contributed by atoms with Crippen molar-refractivity contribution in [1.82, 2.24) is 9.80 Å². The first-order valence-electron chi connectivity index (χ1n) is 7.37. The summed E-state index contributed by atoms with van der Waals surface area (Å²) in [4.78, 5) is 5.25. The average molecular weight is 240 g/mol. The molecule has 17 heavy (non-hydrogen) atoms. The van der Waals surface area contributed by atoms with E-state index < -0.39 is 0 Å². The Kier molecular flexibility index (Phi) is 4.83. The zero-order valence-corrected chi connectivity index (χ0v) is 11.4. The van der Waals surface area contributed by atoms with Crippen LogP contribution in [0, 0.1) is 0 Å². The fourth-order valence-electron chi connectivity index (χ4n) is 3.20. The van der Waals surface area contributed by atoms with Gasteiger partial charge < -0.3 is 14.9 Å². The molecule has 2 aliphatic rings. The van der Waals surface area contributed by atoms with Gasteiger partial charge in [-0.1, -0.05) is 6.92 Å². The standard InChI is InChI=1S/C14H28N2O/c1-3-12(2)15-8-4-13(5-9-15)16-10-6-14(17)7-11-16/h12-14,17H,3-11H2,1-2H3. The lowest BCUT2D eigenvalue weighted by atomic mass is 9.98. The van der Waals surface area contributed by atoms with E-state index in [2.05, 4.69) is 23.6 Å². The second-order valence-corrected chi connectivity index (χ2v) is 5.79. The molecule has 2 heterocycles. The van der Waals surface area contributed by atoms with Gasteiger partial charge in [0.25, 0.3) is 0 Å². The minimum atomic E-state index is -0.0357. The van der Waals surface area contributed by atoms with Crippen LogP contribution < -0.4 is 0 Å². The Bertz CT molecular complexity index is 218. The third-order valence-corrected chi connectivity index (χ3v) is 4.73. The summed E-state index contributed by atoms with van der Waals surface area (Å²) in [5.41, 5.74) is 0. The minimum Gasteiger partial charge on any atom is -0.393 e. The van der Waals surface area contributed by atoms with Crippen molar-refractivity contribution >= 4 is 0 Å². The topological polar surface area (TPSA) is 26.7 Å². The molecule has 0 radical (unpaired) electrons. The van der Waals surface area contributed by atoms with Crippen LogP contribution in [0.2, 0.25) is 0 Å². The van der Waals surface area contributed by atoms with Crippen LogP contribution >= 0.6 is 0 Å².